The molecule has 2 aromatic heterocycles. The molecule has 7 heteroatoms. The first kappa shape index (κ1) is 15.6. The standard InChI is InChI=1S/C15H18F2N2O2S/c1-9-12(18-21-13(9)14(16)17)10-5-6-11(22-10)15(20)19-7-3-2-4-8-19/h5-6,14-15,20H,2-4,7-8H2,1H3. The minimum absolute atomic E-state index is 0.357. The number of aliphatic hydroxyl groups excluding tert-OH is 1. The van der Waals surface area contributed by atoms with E-state index in [9.17, 15) is 13.9 Å². The lowest BCUT2D eigenvalue weighted by molar-refractivity contribution is -0.00721. The second kappa shape index (κ2) is 6.44. The predicted octanol–water partition coefficient (Wildman–Crippen LogP) is 4.13. The van der Waals surface area contributed by atoms with E-state index < -0.39 is 12.7 Å². The minimum Gasteiger partial charge on any atom is -0.373 e. The van der Waals surface area contributed by atoms with Gasteiger partial charge in [-0.2, -0.15) is 0 Å². The van der Waals surface area contributed by atoms with Gasteiger partial charge in [0.05, 0.1) is 4.88 Å². The second-order valence-corrected chi connectivity index (χ2v) is 6.61. The van der Waals surface area contributed by atoms with Crippen LogP contribution in [0.2, 0.25) is 0 Å². The zero-order valence-electron chi connectivity index (χ0n) is 12.3. The molecule has 0 amide bonds. The molecule has 4 nitrogen and oxygen atoms in total. The molecule has 2 aromatic rings. The molecule has 3 heterocycles. The Balaban J connectivity index is 1.81. The third kappa shape index (κ3) is 2.93. The first-order valence-electron chi connectivity index (χ1n) is 7.34. The second-order valence-electron chi connectivity index (χ2n) is 5.49. The number of halogens is 2. The molecule has 1 fully saturated rings. The van der Waals surface area contributed by atoms with Crippen molar-refractivity contribution < 1.29 is 18.4 Å². The van der Waals surface area contributed by atoms with Crippen LogP contribution < -0.4 is 0 Å². The smallest absolute Gasteiger partial charge is 0.298 e. The van der Waals surface area contributed by atoms with Gasteiger partial charge in [0, 0.05) is 23.5 Å². The zero-order valence-corrected chi connectivity index (χ0v) is 13.1. The highest BCUT2D eigenvalue weighted by Crippen LogP contribution is 2.37. The van der Waals surface area contributed by atoms with Crippen LogP contribution in [0.15, 0.2) is 16.7 Å². The molecular weight excluding hydrogens is 310 g/mol. The molecule has 1 aliphatic heterocycles. The number of aliphatic hydroxyl groups is 1. The fraction of sp³-hybridized carbons (Fsp3) is 0.533. The minimum atomic E-state index is -2.67. The lowest BCUT2D eigenvalue weighted by atomic mass is 10.1. The number of piperidine rings is 1. The fourth-order valence-corrected chi connectivity index (χ4v) is 3.81. The maximum absolute atomic E-state index is 12.8. The van der Waals surface area contributed by atoms with E-state index in [1.165, 1.54) is 17.8 Å². The number of rotatable bonds is 4. The number of nitrogens with zero attached hydrogens (tertiary/aromatic N) is 2. The van der Waals surface area contributed by atoms with Gasteiger partial charge in [0.25, 0.3) is 6.43 Å². The highest BCUT2D eigenvalue weighted by atomic mass is 32.1. The lowest BCUT2D eigenvalue weighted by Crippen LogP contribution is -2.33. The molecule has 1 saturated heterocycles. The summed E-state index contributed by atoms with van der Waals surface area (Å²) in [5.74, 6) is -0.387. The number of likely N-dealkylation sites (tertiary alicyclic amines) is 1. The average Bonchev–Trinajstić information content (AvgIpc) is 3.13. The first-order valence-corrected chi connectivity index (χ1v) is 8.16. The number of thiophene rings is 1. The van der Waals surface area contributed by atoms with E-state index in [0.717, 1.165) is 35.7 Å². The van der Waals surface area contributed by atoms with Gasteiger partial charge in [0.15, 0.2) is 0 Å². The molecule has 1 N–H and O–H groups in total. The highest BCUT2D eigenvalue weighted by molar-refractivity contribution is 7.15. The van der Waals surface area contributed by atoms with E-state index in [1.54, 1.807) is 13.0 Å². The molecule has 0 radical (unpaired) electrons. The van der Waals surface area contributed by atoms with Crippen molar-refractivity contribution in [1.82, 2.24) is 10.1 Å². The number of aromatic nitrogens is 1. The van der Waals surface area contributed by atoms with Crippen LogP contribution in [-0.4, -0.2) is 28.3 Å². The molecule has 1 unspecified atom stereocenters. The van der Waals surface area contributed by atoms with E-state index in [2.05, 4.69) is 5.16 Å². The van der Waals surface area contributed by atoms with Crippen LogP contribution in [-0.2, 0) is 0 Å². The first-order chi connectivity index (χ1) is 10.6. The maximum atomic E-state index is 12.8. The summed E-state index contributed by atoms with van der Waals surface area (Å²) in [5.41, 5.74) is 0.785. The highest BCUT2D eigenvalue weighted by Gasteiger charge is 2.24. The van der Waals surface area contributed by atoms with Crippen LogP contribution in [0.25, 0.3) is 10.6 Å². The Hall–Kier alpha value is -1.31. The number of alkyl halides is 2. The van der Waals surface area contributed by atoms with Crippen molar-refractivity contribution in [3.05, 3.63) is 28.3 Å². The van der Waals surface area contributed by atoms with Gasteiger partial charge >= 0.3 is 0 Å². The average molecular weight is 328 g/mol. The van der Waals surface area contributed by atoms with Crippen LogP contribution >= 0.6 is 11.3 Å². The van der Waals surface area contributed by atoms with Crippen molar-refractivity contribution in [3.63, 3.8) is 0 Å². The molecular formula is C15H18F2N2O2S. The quantitative estimate of drug-likeness (QED) is 0.917. The third-order valence-corrected chi connectivity index (χ3v) is 5.14. The van der Waals surface area contributed by atoms with Crippen molar-refractivity contribution >= 4 is 11.3 Å². The van der Waals surface area contributed by atoms with Gasteiger partial charge < -0.3 is 9.63 Å². The molecule has 0 aliphatic carbocycles. The third-order valence-electron chi connectivity index (χ3n) is 4.01. The largest absolute Gasteiger partial charge is 0.373 e. The molecule has 0 bridgehead atoms. The Kier molecular flexibility index (Phi) is 4.56. The Bertz CT molecular complexity index is 635. The SMILES string of the molecule is Cc1c(-c2ccc(C(O)N3CCCCC3)s2)noc1C(F)F. The topological polar surface area (TPSA) is 49.5 Å². The normalized spacial score (nSPS) is 18.0. The monoisotopic (exact) mass is 328 g/mol. The molecule has 3 rings (SSSR count). The fourth-order valence-electron chi connectivity index (χ4n) is 2.74. The summed E-state index contributed by atoms with van der Waals surface area (Å²) in [6.07, 6.45) is 0.0821. The zero-order chi connectivity index (χ0) is 15.7. The van der Waals surface area contributed by atoms with Crippen LogP contribution in [0.1, 0.15) is 48.1 Å². The van der Waals surface area contributed by atoms with Crippen molar-refractivity contribution in [3.8, 4) is 10.6 Å². The Labute approximate surface area is 131 Å². The van der Waals surface area contributed by atoms with Gasteiger partial charge in [-0.25, -0.2) is 8.78 Å². The summed E-state index contributed by atoms with van der Waals surface area (Å²) < 4.78 is 30.2. The molecule has 0 spiro atoms. The Morgan fingerprint density at radius 2 is 2.00 bits per heavy atom. The van der Waals surface area contributed by atoms with Crippen LogP contribution in [0.4, 0.5) is 8.78 Å². The van der Waals surface area contributed by atoms with Gasteiger partial charge in [-0.05, 0) is 31.9 Å². The van der Waals surface area contributed by atoms with Crippen LogP contribution in [0.5, 0.6) is 0 Å². The van der Waals surface area contributed by atoms with Gasteiger partial charge in [-0.3, -0.25) is 4.90 Å². The van der Waals surface area contributed by atoms with Crippen molar-refractivity contribution in [2.75, 3.05) is 13.1 Å². The van der Waals surface area contributed by atoms with E-state index in [0.29, 0.717) is 11.3 Å². The maximum Gasteiger partial charge on any atom is 0.298 e. The van der Waals surface area contributed by atoms with E-state index in [-0.39, 0.29) is 5.76 Å². The number of hydrogen-bond donors (Lipinski definition) is 1. The van der Waals surface area contributed by atoms with Crippen LogP contribution in [0, 0.1) is 6.92 Å². The van der Waals surface area contributed by atoms with E-state index >= 15 is 0 Å². The molecule has 22 heavy (non-hydrogen) atoms. The van der Waals surface area contributed by atoms with Gasteiger partial charge in [0.1, 0.15) is 11.9 Å². The van der Waals surface area contributed by atoms with E-state index in [4.69, 9.17) is 4.52 Å². The predicted molar refractivity (Wildman–Crippen MR) is 79.9 cm³/mol. The summed E-state index contributed by atoms with van der Waals surface area (Å²) in [4.78, 5) is 3.58. The summed E-state index contributed by atoms with van der Waals surface area (Å²) in [7, 11) is 0. The molecule has 0 aromatic carbocycles. The van der Waals surface area contributed by atoms with Gasteiger partial charge in [-0.1, -0.05) is 11.6 Å². The van der Waals surface area contributed by atoms with Gasteiger partial charge in [0.2, 0.25) is 5.76 Å². The Morgan fingerprint density at radius 3 is 2.64 bits per heavy atom. The van der Waals surface area contributed by atoms with Crippen molar-refractivity contribution in [2.45, 2.75) is 38.8 Å². The number of hydrogen-bond acceptors (Lipinski definition) is 5. The van der Waals surface area contributed by atoms with Crippen molar-refractivity contribution in [1.29, 1.82) is 0 Å². The molecule has 1 aliphatic rings. The summed E-state index contributed by atoms with van der Waals surface area (Å²) >= 11 is 1.37. The van der Waals surface area contributed by atoms with E-state index in [1.807, 2.05) is 11.0 Å². The molecule has 0 saturated carbocycles. The lowest BCUT2D eigenvalue weighted by Gasteiger charge is -2.30. The Morgan fingerprint density at radius 1 is 1.27 bits per heavy atom. The summed E-state index contributed by atoms with van der Waals surface area (Å²) in [6.45, 7) is 3.34. The molecule has 1 atom stereocenters. The summed E-state index contributed by atoms with van der Waals surface area (Å²) in [5, 5.41) is 14.2. The van der Waals surface area contributed by atoms with Gasteiger partial charge in [-0.15, -0.1) is 11.3 Å². The summed E-state index contributed by atoms with van der Waals surface area (Å²) in [6, 6.07) is 3.63. The molecule has 120 valence electrons. The van der Waals surface area contributed by atoms with Crippen LogP contribution in [0.3, 0.4) is 0 Å². The van der Waals surface area contributed by atoms with Crippen molar-refractivity contribution in [2.24, 2.45) is 0 Å².